The summed E-state index contributed by atoms with van der Waals surface area (Å²) in [5.74, 6) is -1.07. The number of ether oxygens (including phenoxy) is 1. The van der Waals surface area contributed by atoms with Crippen molar-refractivity contribution in [2.75, 3.05) is 13.2 Å². The molecule has 0 saturated carbocycles. The third-order valence-corrected chi connectivity index (χ3v) is 4.48. The van der Waals surface area contributed by atoms with E-state index < -0.39 is 19.2 Å². The lowest BCUT2D eigenvalue weighted by atomic mass is 9.76. The highest BCUT2D eigenvalue weighted by atomic mass is 16.5. The molecule has 0 bridgehead atoms. The van der Waals surface area contributed by atoms with Crippen molar-refractivity contribution in [1.82, 2.24) is 10.2 Å². The van der Waals surface area contributed by atoms with Gasteiger partial charge in [0.05, 0.1) is 12.0 Å². The van der Waals surface area contributed by atoms with Crippen molar-refractivity contribution in [2.24, 2.45) is 0 Å². The van der Waals surface area contributed by atoms with Crippen LogP contribution in [0.5, 0.6) is 0 Å². The van der Waals surface area contributed by atoms with Gasteiger partial charge in [0.2, 0.25) is 5.91 Å². The van der Waals surface area contributed by atoms with E-state index in [0.29, 0.717) is 6.54 Å². The Kier molecular flexibility index (Phi) is 7.23. The number of likely N-dealkylation sites (tertiary alicyclic amines) is 1. The molecule has 8 heteroatoms. The molecule has 0 radical (unpaired) electrons. The predicted molar refractivity (Wildman–Crippen MR) is 98.3 cm³/mol. The third kappa shape index (κ3) is 5.61. The van der Waals surface area contributed by atoms with E-state index in [1.54, 1.807) is 4.90 Å². The molecule has 26 heavy (non-hydrogen) atoms. The van der Waals surface area contributed by atoms with Crippen LogP contribution in [0.3, 0.4) is 0 Å². The second-order valence-corrected chi connectivity index (χ2v) is 6.48. The maximum atomic E-state index is 12.0. The van der Waals surface area contributed by atoms with E-state index in [-0.39, 0.29) is 25.0 Å². The van der Waals surface area contributed by atoms with Gasteiger partial charge in [0.1, 0.15) is 6.61 Å². The summed E-state index contributed by atoms with van der Waals surface area (Å²) >= 11 is 0. The van der Waals surface area contributed by atoms with Crippen LogP contribution >= 0.6 is 0 Å². The lowest BCUT2D eigenvalue weighted by molar-refractivity contribution is -0.127. The number of nitrogens with one attached hydrogen (secondary N) is 1. The zero-order valence-electron chi connectivity index (χ0n) is 14.9. The van der Waals surface area contributed by atoms with Gasteiger partial charge < -0.3 is 25.0 Å². The summed E-state index contributed by atoms with van der Waals surface area (Å²) in [7, 11) is -1.71. The number of amides is 2. The topological polar surface area (TPSA) is 99.1 Å². The number of hydrogen-bond donors (Lipinski definition) is 3. The highest BCUT2D eigenvalue weighted by molar-refractivity contribution is 6.43. The quantitative estimate of drug-likeness (QED) is 0.494. The standard InChI is InChI=1S/C18H25BN2O5/c1-3-17(22)21-10-4-5-15(21)12-26-18(23)20-16(19(24)25)11-14-8-6-13(2)7-9-14/h3,6-9,15-16,24-25H,1,4-5,10-12H2,2H3,(H,20,23)/t15-,16?/m1/s1. The predicted octanol–water partition coefficient (Wildman–Crippen LogP) is 0.821. The maximum Gasteiger partial charge on any atom is 0.475 e. The Bertz CT molecular complexity index is 635. The number of nitrogens with zero attached hydrogens (tertiary/aromatic N) is 1. The minimum Gasteiger partial charge on any atom is -0.447 e. The van der Waals surface area contributed by atoms with Gasteiger partial charge in [0.15, 0.2) is 0 Å². The first-order chi connectivity index (χ1) is 12.4. The van der Waals surface area contributed by atoms with Crippen molar-refractivity contribution in [2.45, 2.75) is 38.2 Å². The fourth-order valence-corrected chi connectivity index (χ4v) is 2.99. The van der Waals surface area contributed by atoms with Gasteiger partial charge in [-0.2, -0.15) is 0 Å². The molecule has 7 nitrogen and oxygen atoms in total. The smallest absolute Gasteiger partial charge is 0.447 e. The molecule has 1 fully saturated rings. The van der Waals surface area contributed by atoms with Gasteiger partial charge in [0, 0.05) is 6.54 Å². The summed E-state index contributed by atoms with van der Waals surface area (Å²) < 4.78 is 5.19. The van der Waals surface area contributed by atoms with Gasteiger partial charge in [-0.05, 0) is 37.8 Å². The van der Waals surface area contributed by atoms with Gasteiger partial charge >= 0.3 is 13.2 Å². The fraction of sp³-hybridized carbons (Fsp3) is 0.444. The van der Waals surface area contributed by atoms with E-state index in [0.717, 1.165) is 24.0 Å². The molecule has 2 atom stereocenters. The van der Waals surface area contributed by atoms with Crippen LogP contribution in [0.25, 0.3) is 0 Å². The number of benzene rings is 1. The van der Waals surface area contributed by atoms with Crippen LogP contribution in [0.15, 0.2) is 36.9 Å². The fourth-order valence-electron chi connectivity index (χ4n) is 2.99. The van der Waals surface area contributed by atoms with Crippen LogP contribution in [0.1, 0.15) is 24.0 Å². The maximum absolute atomic E-state index is 12.0. The zero-order valence-corrected chi connectivity index (χ0v) is 14.9. The van der Waals surface area contributed by atoms with E-state index in [1.165, 1.54) is 6.08 Å². The van der Waals surface area contributed by atoms with E-state index in [4.69, 9.17) is 4.74 Å². The van der Waals surface area contributed by atoms with Crippen molar-refractivity contribution in [1.29, 1.82) is 0 Å². The van der Waals surface area contributed by atoms with Crippen molar-refractivity contribution in [3.8, 4) is 0 Å². The molecule has 3 N–H and O–H groups in total. The molecular weight excluding hydrogens is 335 g/mol. The molecule has 0 spiro atoms. The first-order valence-corrected chi connectivity index (χ1v) is 8.68. The minimum atomic E-state index is -1.71. The molecule has 2 amide bonds. The second-order valence-electron chi connectivity index (χ2n) is 6.48. The first-order valence-electron chi connectivity index (χ1n) is 8.68. The molecule has 1 aromatic rings. The lowest BCUT2D eigenvalue weighted by Gasteiger charge is -2.24. The lowest BCUT2D eigenvalue weighted by Crippen LogP contribution is -2.48. The molecule has 1 aliphatic heterocycles. The average Bonchev–Trinajstić information content (AvgIpc) is 3.09. The van der Waals surface area contributed by atoms with E-state index in [2.05, 4.69) is 11.9 Å². The van der Waals surface area contributed by atoms with Gasteiger partial charge in [0.25, 0.3) is 0 Å². The van der Waals surface area contributed by atoms with Crippen LogP contribution in [0, 0.1) is 6.92 Å². The first kappa shape index (κ1) is 20.0. The molecular formula is C18H25BN2O5. The summed E-state index contributed by atoms with van der Waals surface area (Å²) in [6.45, 7) is 6.11. The number of hydrogen-bond acceptors (Lipinski definition) is 5. The van der Waals surface area contributed by atoms with Crippen molar-refractivity contribution in [3.63, 3.8) is 0 Å². The van der Waals surface area contributed by atoms with Crippen molar-refractivity contribution >= 4 is 19.1 Å². The van der Waals surface area contributed by atoms with E-state index >= 15 is 0 Å². The van der Waals surface area contributed by atoms with E-state index in [1.807, 2.05) is 31.2 Å². The largest absolute Gasteiger partial charge is 0.475 e. The summed E-state index contributed by atoms with van der Waals surface area (Å²) in [6, 6.07) is 7.39. The Labute approximate surface area is 153 Å². The van der Waals surface area contributed by atoms with Crippen LogP contribution < -0.4 is 5.32 Å². The molecule has 1 unspecified atom stereocenters. The normalized spacial score (nSPS) is 17.5. The molecule has 1 saturated heterocycles. The molecule has 1 heterocycles. The Morgan fingerprint density at radius 1 is 1.42 bits per heavy atom. The monoisotopic (exact) mass is 360 g/mol. The molecule has 2 rings (SSSR count). The Morgan fingerprint density at radius 2 is 2.12 bits per heavy atom. The van der Waals surface area contributed by atoms with Crippen molar-refractivity contribution < 1.29 is 24.4 Å². The SMILES string of the molecule is C=CC(=O)N1CCC[C@@H]1COC(=O)NC(Cc1ccc(C)cc1)B(O)O. The summed E-state index contributed by atoms with van der Waals surface area (Å²) in [4.78, 5) is 25.4. The Hall–Kier alpha value is -2.32. The molecule has 0 aromatic heterocycles. The van der Waals surface area contributed by atoms with Gasteiger partial charge in [-0.3, -0.25) is 4.79 Å². The highest BCUT2D eigenvalue weighted by Crippen LogP contribution is 2.18. The van der Waals surface area contributed by atoms with Gasteiger partial charge in [-0.25, -0.2) is 4.79 Å². The molecule has 1 aliphatic rings. The van der Waals surface area contributed by atoms with Gasteiger partial charge in [-0.15, -0.1) is 0 Å². The zero-order chi connectivity index (χ0) is 19.1. The minimum absolute atomic E-state index is 0.0597. The second kappa shape index (κ2) is 9.40. The van der Waals surface area contributed by atoms with Crippen LogP contribution in [0.4, 0.5) is 4.79 Å². The Balaban J connectivity index is 1.86. The van der Waals surface area contributed by atoms with Crippen LogP contribution in [-0.4, -0.2) is 59.2 Å². The van der Waals surface area contributed by atoms with Gasteiger partial charge in [-0.1, -0.05) is 36.4 Å². The van der Waals surface area contributed by atoms with Crippen LogP contribution in [0.2, 0.25) is 0 Å². The molecule has 0 aliphatic carbocycles. The summed E-state index contributed by atoms with van der Waals surface area (Å²) in [5.41, 5.74) is 1.96. The van der Waals surface area contributed by atoms with Crippen molar-refractivity contribution in [3.05, 3.63) is 48.0 Å². The number of carbonyl (C=O) groups excluding carboxylic acids is 2. The number of alkyl carbamates (subject to hydrolysis) is 1. The highest BCUT2D eigenvalue weighted by Gasteiger charge is 2.30. The molecule has 1 aromatic carbocycles. The van der Waals surface area contributed by atoms with E-state index in [9.17, 15) is 19.6 Å². The third-order valence-electron chi connectivity index (χ3n) is 4.48. The number of rotatable bonds is 7. The number of aryl methyl sites for hydroxylation is 1. The number of carbonyl (C=O) groups is 2. The Morgan fingerprint density at radius 3 is 2.73 bits per heavy atom. The summed E-state index contributed by atoms with van der Waals surface area (Å²) in [6.07, 6.45) is 2.37. The summed E-state index contributed by atoms with van der Waals surface area (Å²) in [5, 5.41) is 21.5. The average molecular weight is 360 g/mol. The molecule has 140 valence electrons. The van der Waals surface area contributed by atoms with Crippen LogP contribution in [-0.2, 0) is 16.0 Å².